The fourth-order valence-electron chi connectivity index (χ4n) is 1.30. The fraction of sp³-hybridized carbons (Fsp3) is 0.250. The van der Waals surface area contributed by atoms with E-state index in [0.29, 0.717) is 23.7 Å². The number of ether oxygens (including phenoxy) is 2. The monoisotopic (exact) mass is 279 g/mol. The van der Waals surface area contributed by atoms with Crippen LogP contribution in [0.5, 0.6) is 11.5 Å². The van der Waals surface area contributed by atoms with Crippen molar-refractivity contribution in [3.8, 4) is 11.5 Å². The Hall–Kier alpha value is -2.77. The number of guanidine groups is 1. The highest BCUT2D eigenvalue weighted by Gasteiger charge is 2.07. The quantitative estimate of drug-likeness (QED) is 0.352. The summed E-state index contributed by atoms with van der Waals surface area (Å²) in [6.45, 7) is 2.06. The van der Waals surface area contributed by atoms with Crippen molar-refractivity contribution in [3.05, 3.63) is 23.8 Å². The van der Waals surface area contributed by atoms with E-state index in [4.69, 9.17) is 26.7 Å². The summed E-state index contributed by atoms with van der Waals surface area (Å²) in [6.07, 6.45) is 1.46. The predicted octanol–water partition coefficient (Wildman–Crippen LogP) is -0.443. The fourth-order valence-corrected chi connectivity index (χ4v) is 1.30. The largest absolute Gasteiger partial charge is 0.490 e. The number of nitrogens with two attached hydrogens (primary N) is 3. The maximum atomic E-state index is 10.7. The molecule has 0 unspecified atom stereocenters. The molecular weight excluding hydrogens is 262 g/mol. The first kappa shape index (κ1) is 15.3. The number of benzene rings is 1. The number of hydrogen-bond acceptors (Lipinski definition) is 5. The number of nitrogens with zero attached hydrogens (tertiary/aromatic N) is 2. The summed E-state index contributed by atoms with van der Waals surface area (Å²) in [5, 5.41) is 7.17. The highest BCUT2D eigenvalue weighted by atomic mass is 16.5. The van der Waals surface area contributed by atoms with Gasteiger partial charge in [0.2, 0.25) is 5.96 Å². The topological polar surface area (TPSA) is 138 Å². The molecule has 6 N–H and O–H groups in total. The molecule has 1 rings (SSSR count). The molecule has 0 aromatic heterocycles. The van der Waals surface area contributed by atoms with E-state index in [2.05, 4.69) is 10.2 Å². The van der Waals surface area contributed by atoms with Crippen molar-refractivity contribution in [1.29, 1.82) is 0 Å². The van der Waals surface area contributed by atoms with Crippen molar-refractivity contribution >= 4 is 18.1 Å². The van der Waals surface area contributed by atoms with Crippen LogP contribution in [0.15, 0.2) is 28.4 Å². The molecule has 108 valence electrons. The lowest BCUT2D eigenvalue weighted by Gasteiger charge is -2.11. The van der Waals surface area contributed by atoms with Crippen LogP contribution in [0.1, 0.15) is 12.5 Å². The van der Waals surface area contributed by atoms with E-state index in [1.54, 1.807) is 18.2 Å². The van der Waals surface area contributed by atoms with Crippen LogP contribution in [0.3, 0.4) is 0 Å². The molecule has 0 atom stereocenters. The zero-order chi connectivity index (χ0) is 15.0. The number of amides is 1. The summed E-state index contributed by atoms with van der Waals surface area (Å²) in [5.74, 6) is 0.200. The van der Waals surface area contributed by atoms with E-state index >= 15 is 0 Å². The molecule has 20 heavy (non-hydrogen) atoms. The second kappa shape index (κ2) is 7.62. The van der Waals surface area contributed by atoms with Gasteiger partial charge in [0.25, 0.3) is 5.91 Å². The minimum absolute atomic E-state index is 0.132. The SMILES string of the molecule is CCOc1cc(C=NN=C(N)N)ccc1OCC(N)=O. The molecule has 0 heterocycles. The van der Waals surface area contributed by atoms with E-state index in [1.807, 2.05) is 6.92 Å². The van der Waals surface area contributed by atoms with E-state index in [9.17, 15) is 4.79 Å². The molecule has 0 saturated heterocycles. The van der Waals surface area contributed by atoms with Crippen LogP contribution < -0.4 is 26.7 Å². The van der Waals surface area contributed by atoms with E-state index in [-0.39, 0.29) is 12.6 Å². The smallest absolute Gasteiger partial charge is 0.255 e. The average Bonchev–Trinajstić information content (AvgIpc) is 2.37. The maximum Gasteiger partial charge on any atom is 0.255 e. The number of hydrogen-bond donors (Lipinski definition) is 3. The molecule has 0 fully saturated rings. The molecule has 8 heteroatoms. The second-order valence-electron chi connectivity index (χ2n) is 3.66. The summed E-state index contributed by atoms with van der Waals surface area (Å²) in [4.78, 5) is 10.7. The highest BCUT2D eigenvalue weighted by Crippen LogP contribution is 2.27. The van der Waals surface area contributed by atoms with Gasteiger partial charge in [0, 0.05) is 0 Å². The summed E-state index contributed by atoms with van der Waals surface area (Å²) in [7, 11) is 0. The third kappa shape index (κ3) is 5.25. The van der Waals surface area contributed by atoms with Crippen LogP contribution in [0.25, 0.3) is 0 Å². The van der Waals surface area contributed by atoms with Crippen molar-refractivity contribution in [3.63, 3.8) is 0 Å². The summed E-state index contributed by atoms with van der Waals surface area (Å²) in [5.41, 5.74) is 16.0. The third-order valence-corrected chi connectivity index (χ3v) is 2.02. The van der Waals surface area contributed by atoms with Gasteiger partial charge in [0.1, 0.15) is 0 Å². The van der Waals surface area contributed by atoms with Gasteiger partial charge < -0.3 is 26.7 Å². The zero-order valence-corrected chi connectivity index (χ0v) is 11.1. The molecule has 0 bridgehead atoms. The third-order valence-electron chi connectivity index (χ3n) is 2.02. The maximum absolute atomic E-state index is 10.7. The van der Waals surface area contributed by atoms with Crippen molar-refractivity contribution in [2.45, 2.75) is 6.92 Å². The van der Waals surface area contributed by atoms with Crippen molar-refractivity contribution in [1.82, 2.24) is 0 Å². The van der Waals surface area contributed by atoms with Gasteiger partial charge in [-0.2, -0.15) is 5.10 Å². The van der Waals surface area contributed by atoms with Gasteiger partial charge in [-0.3, -0.25) is 4.79 Å². The normalized spacial score (nSPS) is 10.2. The lowest BCUT2D eigenvalue weighted by atomic mass is 10.2. The first-order valence-electron chi connectivity index (χ1n) is 5.82. The summed E-state index contributed by atoms with van der Waals surface area (Å²) in [6, 6.07) is 5.04. The van der Waals surface area contributed by atoms with Crippen molar-refractivity contribution < 1.29 is 14.3 Å². The van der Waals surface area contributed by atoms with Crippen LogP contribution in [-0.4, -0.2) is 31.3 Å². The second-order valence-corrected chi connectivity index (χ2v) is 3.66. The first-order valence-corrected chi connectivity index (χ1v) is 5.82. The Bertz CT molecular complexity index is 524. The number of rotatable bonds is 7. The predicted molar refractivity (Wildman–Crippen MR) is 75.7 cm³/mol. The Morgan fingerprint density at radius 2 is 2.00 bits per heavy atom. The van der Waals surface area contributed by atoms with Gasteiger partial charge in [-0.25, -0.2) is 0 Å². The van der Waals surface area contributed by atoms with Crippen LogP contribution >= 0.6 is 0 Å². The molecule has 0 aliphatic rings. The minimum atomic E-state index is -0.564. The summed E-state index contributed by atoms with van der Waals surface area (Å²) >= 11 is 0. The van der Waals surface area contributed by atoms with Crippen LogP contribution in [0.4, 0.5) is 0 Å². The Morgan fingerprint density at radius 1 is 1.25 bits per heavy atom. The van der Waals surface area contributed by atoms with Crippen molar-refractivity contribution in [2.24, 2.45) is 27.4 Å². The van der Waals surface area contributed by atoms with E-state index < -0.39 is 5.91 Å². The molecule has 0 radical (unpaired) electrons. The molecule has 0 saturated carbocycles. The van der Waals surface area contributed by atoms with Gasteiger partial charge in [-0.05, 0) is 30.7 Å². The molecule has 0 aliphatic carbocycles. The van der Waals surface area contributed by atoms with Crippen molar-refractivity contribution in [2.75, 3.05) is 13.2 Å². The lowest BCUT2D eigenvalue weighted by molar-refractivity contribution is -0.119. The highest BCUT2D eigenvalue weighted by molar-refractivity contribution is 5.82. The zero-order valence-electron chi connectivity index (χ0n) is 11.1. The molecule has 1 aromatic rings. The standard InChI is InChI=1S/C12H17N5O3/c1-2-19-10-5-8(6-16-17-12(14)15)3-4-9(10)20-7-11(13)18/h3-6H,2,7H2,1H3,(H2,13,18)(H4,14,15,17). The van der Waals surface area contributed by atoms with E-state index in [1.165, 1.54) is 6.21 Å². The number of carbonyl (C=O) groups is 1. The van der Waals surface area contributed by atoms with Crippen LogP contribution in [0.2, 0.25) is 0 Å². The number of primary amides is 1. The summed E-state index contributed by atoms with van der Waals surface area (Å²) < 4.78 is 10.7. The Balaban J connectivity index is 2.91. The molecule has 8 nitrogen and oxygen atoms in total. The van der Waals surface area contributed by atoms with Crippen LogP contribution in [-0.2, 0) is 4.79 Å². The molecule has 1 aromatic carbocycles. The average molecular weight is 279 g/mol. The Kier molecular flexibility index (Phi) is 5.82. The number of carbonyl (C=O) groups excluding carboxylic acids is 1. The van der Waals surface area contributed by atoms with Gasteiger partial charge in [-0.1, -0.05) is 0 Å². The van der Waals surface area contributed by atoms with Gasteiger partial charge in [-0.15, -0.1) is 5.10 Å². The van der Waals surface area contributed by atoms with Gasteiger partial charge in [0.15, 0.2) is 18.1 Å². The van der Waals surface area contributed by atoms with E-state index in [0.717, 1.165) is 0 Å². The minimum Gasteiger partial charge on any atom is -0.490 e. The van der Waals surface area contributed by atoms with Gasteiger partial charge in [0.05, 0.1) is 12.8 Å². The van der Waals surface area contributed by atoms with Gasteiger partial charge >= 0.3 is 0 Å². The molecular formula is C12H17N5O3. The first-order chi connectivity index (χ1) is 9.52. The lowest BCUT2D eigenvalue weighted by Crippen LogP contribution is -2.21. The van der Waals surface area contributed by atoms with Crippen LogP contribution in [0, 0.1) is 0 Å². The molecule has 0 spiro atoms. The Labute approximate surface area is 116 Å². The molecule has 0 aliphatic heterocycles. The Morgan fingerprint density at radius 3 is 2.60 bits per heavy atom. The molecule has 1 amide bonds.